The molecule has 4 rings (SSSR count). The van der Waals surface area contributed by atoms with E-state index in [0.717, 1.165) is 27.8 Å². The summed E-state index contributed by atoms with van der Waals surface area (Å²) in [5.74, 6) is -0.200. The summed E-state index contributed by atoms with van der Waals surface area (Å²) < 4.78 is 14.6. The van der Waals surface area contributed by atoms with Gasteiger partial charge in [0.15, 0.2) is 0 Å². The van der Waals surface area contributed by atoms with E-state index in [9.17, 15) is 4.39 Å². The van der Waals surface area contributed by atoms with Crippen molar-refractivity contribution in [3.63, 3.8) is 0 Å². The van der Waals surface area contributed by atoms with Gasteiger partial charge >= 0.3 is 0 Å². The Morgan fingerprint density at radius 3 is 1.40 bits per heavy atom. The van der Waals surface area contributed by atoms with E-state index in [1.165, 1.54) is 0 Å². The van der Waals surface area contributed by atoms with Crippen molar-refractivity contribution >= 4 is 0 Å². The summed E-state index contributed by atoms with van der Waals surface area (Å²) in [6.07, 6.45) is 0. The van der Waals surface area contributed by atoms with Crippen LogP contribution in [0.25, 0.3) is 33.4 Å². The maximum atomic E-state index is 14.6. The molecule has 0 amide bonds. The monoisotopic (exact) mass is 324 g/mol. The van der Waals surface area contributed by atoms with Crippen LogP contribution in [0.2, 0.25) is 0 Å². The van der Waals surface area contributed by atoms with Crippen LogP contribution in [-0.4, -0.2) is 0 Å². The third kappa shape index (κ3) is 3.22. The van der Waals surface area contributed by atoms with Crippen molar-refractivity contribution in [2.24, 2.45) is 0 Å². The number of benzene rings is 4. The summed E-state index contributed by atoms with van der Waals surface area (Å²) in [5, 5.41) is 0. The van der Waals surface area contributed by atoms with Crippen LogP contribution >= 0.6 is 0 Å². The van der Waals surface area contributed by atoms with Gasteiger partial charge in [0.1, 0.15) is 5.82 Å². The van der Waals surface area contributed by atoms with Crippen molar-refractivity contribution in [2.45, 2.75) is 0 Å². The van der Waals surface area contributed by atoms with Gasteiger partial charge in [-0.2, -0.15) is 0 Å². The SMILES string of the molecule is Fc1cc(-c2ccccc2)ccc1-c1ccc(-c2ccccc2)cc1. The van der Waals surface area contributed by atoms with Gasteiger partial charge in [-0.3, -0.25) is 0 Å². The number of halogens is 1. The summed E-state index contributed by atoms with van der Waals surface area (Å²) in [4.78, 5) is 0. The largest absolute Gasteiger partial charge is 0.206 e. The Kier molecular flexibility index (Phi) is 4.14. The molecule has 0 saturated carbocycles. The summed E-state index contributed by atoms with van der Waals surface area (Å²) >= 11 is 0. The first-order valence-electron chi connectivity index (χ1n) is 8.32. The lowest BCUT2D eigenvalue weighted by molar-refractivity contribution is 0.632. The Bertz CT molecular complexity index is 971. The lowest BCUT2D eigenvalue weighted by Gasteiger charge is -2.08. The zero-order valence-corrected chi connectivity index (χ0v) is 13.7. The van der Waals surface area contributed by atoms with Crippen LogP contribution in [0.15, 0.2) is 103 Å². The van der Waals surface area contributed by atoms with Gasteiger partial charge in [0, 0.05) is 5.56 Å². The van der Waals surface area contributed by atoms with Gasteiger partial charge in [0.25, 0.3) is 0 Å². The van der Waals surface area contributed by atoms with Crippen LogP contribution in [0.3, 0.4) is 0 Å². The molecule has 0 radical (unpaired) electrons. The van der Waals surface area contributed by atoms with E-state index in [2.05, 4.69) is 12.1 Å². The molecule has 0 aliphatic heterocycles. The van der Waals surface area contributed by atoms with E-state index < -0.39 is 0 Å². The molecule has 4 aromatic rings. The van der Waals surface area contributed by atoms with Crippen LogP contribution < -0.4 is 0 Å². The molecule has 1 heteroatoms. The van der Waals surface area contributed by atoms with Gasteiger partial charge in [0.05, 0.1) is 0 Å². The summed E-state index contributed by atoms with van der Waals surface area (Å²) in [5.41, 5.74) is 5.71. The number of hydrogen-bond acceptors (Lipinski definition) is 0. The second kappa shape index (κ2) is 6.74. The molecule has 0 unspecified atom stereocenters. The lowest BCUT2D eigenvalue weighted by atomic mass is 9.97. The summed E-state index contributed by atoms with van der Waals surface area (Å²) in [6.45, 7) is 0. The fraction of sp³-hybridized carbons (Fsp3) is 0. The van der Waals surface area contributed by atoms with Crippen molar-refractivity contribution < 1.29 is 4.39 Å². The van der Waals surface area contributed by atoms with Crippen LogP contribution in [0, 0.1) is 5.82 Å². The third-order valence-electron chi connectivity index (χ3n) is 4.38. The molecule has 4 aromatic carbocycles. The Labute approximate surface area is 147 Å². The molecule has 0 aliphatic carbocycles. The zero-order chi connectivity index (χ0) is 17.1. The predicted octanol–water partition coefficient (Wildman–Crippen LogP) is 6.83. The average molecular weight is 324 g/mol. The highest BCUT2D eigenvalue weighted by atomic mass is 19.1. The lowest BCUT2D eigenvalue weighted by Crippen LogP contribution is -1.87. The van der Waals surface area contributed by atoms with E-state index in [0.29, 0.717) is 5.56 Å². The van der Waals surface area contributed by atoms with Crippen molar-refractivity contribution in [1.82, 2.24) is 0 Å². The molecule has 0 heterocycles. The Morgan fingerprint density at radius 1 is 0.400 bits per heavy atom. The highest BCUT2D eigenvalue weighted by Crippen LogP contribution is 2.29. The number of rotatable bonds is 3. The fourth-order valence-corrected chi connectivity index (χ4v) is 3.03. The molecular formula is C24H17F. The van der Waals surface area contributed by atoms with Crippen LogP contribution in [0.1, 0.15) is 0 Å². The summed E-state index contributed by atoms with van der Waals surface area (Å²) in [7, 11) is 0. The molecule has 0 nitrogen and oxygen atoms in total. The van der Waals surface area contributed by atoms with Gasteiger partial charge < -0.3 is 0 Å². The highest BCUT2D eigenvalue weighted by molar-refractivity contribution is 5.73. The smallest absolute Gasteiger partial charge is 0.131 e. The molecule has 0 fully saturated rings. The van der Waals surface area contributed by atoms with Crippen LogP contribution in [0.4, 0.5) is 4.39 Å². The number of hydrogen-bond donors (Lipinski definition) is 0. The minimum Gasteiger partial charge on any atom is -0.206 e. The quantitative estimate of drug-likeness (QED) is 0.387. The Hall–Kier alpha value is -3.19. The summed E-state index contributed by atoms with van der Waals surface area (Å²) in [6, 6.07) is 33.5. The average Bonchev–Trinajstić information content (AvgIpc) is 2.69. The van der Waals surface area contributed by atoms with Crippen molar-refractivity contribution in [2.75, 3.05) is 0 Å². The maximum absolute atomic E-state index is 14.6. The van der Waals surface area contributed by atoms with E-state index in [4.69, 9.17) is 0 Å². The van der Waals surface area contributed by atoms with Crippen molar-refractivity contribution in [3.05, 3.63) is 109 Å². The van der Waals surface area contributed by atoms with E-state index in [-0.39, 0.29) is 5.82 Å². The minimum atomic E-state index is -0.200. The molecule has 0 N–H and O–H groups in total. The van der Waals surface area contributed by atoms with Crippen LogP contribution in [-0.2, 0) is 0 Å². The first kappa shape index (κ1) is 15.3. The molecular weight excluding hydrogens is 307 g/mol. The molecule has 0 aromatic heterocycles. The minimum absolute atomic E-state index is 0.200. The topological polar surface area (TPSA) is 0 Å². The van der Waals surface area contributed by atoms with Gasteiger partial charge in [-0.05, 0) is 33.9 Å². The van der Waals surface area contributed by atoms with Gasteiger partial charge in [-0.15, -0.1) is 0 Å². The molecule has 0 saturated heterocycles. The molecule has 0 bridgehead atoms. The van der Waals surface area contributed by atoms with Gasteiger partial charge in [-0.25, -0.2) is 4.39 Å². The molecule has 25 heavy (non-hydrogen) atoms. The van der Waals surface area contributed by atoms with E-state index in [1.54, 1.807) is 6.07 Å². The molecule has 0 spiro atoms. The molecule has 0 atom stereocenters. The molecule has 0 aliphatic rings. The second-order valence-corrected chi connectivity index (χ2v) is 6.00. The maximum Gasteiger partial charge on any atom is 0.131 e. The standard InChI is InChI=1S/C24H17F/c25-24-17-22(19-9-5-2-6-10-19)15-16-23(24)21-13-11-20(12-14-21)18-7-3-1-4-8-18/h1-17H. The Morgan fingerprint density at radius 2 is 0.840 bits per heavy atom. The second-order valence-electron chi connectivity index (χ2n) is 6.00. The fourth-order valence-electron chi connectivity index (χ4n) is 3.03. The van der Waals surface area contributed by atoms with Crippen LogP contribution in [0.5, 0.6) is 0 Å². The normalized spacial score (nSPS) is 10.6. The third-order valence-corrected chi connectivity index (χ3v) is 4.38. The van der Waals surface area contributed by atoms with Gasteiger partial charge in [-0.1, -0.05) is 97.1 Å². The predicted molar refractivity (Wildman–Crippen MR) is 103 cm³/mol. The van der Waals surface area contributed by atoms with E-state index >= 15 is 0 Å². The Balaban J connectivity index is 1.66. The first-order chi connectivity index (χ1) is 12.3. The van der Waals surface area contributed by atoms with Crippen molar-refractivity contribution in [3.8, 4) is 33.4 Å². The molecule has 120 valence electrons. The highest BCUT2D eigenvalue weighted by Gasteiger charge is 2.08. The van der Waals surface area contributed by atoms with Crippen molar-refractivity contribution in [1.29, 1.82) is 0 Å². The van der Waals surface area contributed by atoms with Gasteiger partial charge in [0.2, 0.25) is 0 Å². The first-order valence-corrected chi connectivity index (χ1v) is 8.32. The van der Waals surface area contributed by atoms with E-state index in [1.807, 2.05) is 84.9 Å². The zero-order valence-electron chi connectivity index (χ0n) is 13.7.